The van der Waals surface area contributed by atoms with Gasteiger partial charge in [0.2, 0.25) is 5.91 Å². The van der Waals surface area contributed by atoms with Crippen molar-refractivity contribution in [3.05, 3.63) is 81.5 Å². The maximum Gasteiger partial charge on any atom is 0.244 e. The van der Waals surface area contributed by atoms with Crippen LogP contribution in [0.2, 0.25) is 0 Å². The van der Waals surface area contributed by atoms with Crippen molar-refractivity contribution in [3.8, 4) is 0 Å². The van der Waals surface area contributed by atoms with E-state index in [2.05, 4.69) is 10.3 Å². The lowest BCUT2D eigenvalue weighted by molar-refractivity contribution is -0.116. The molecule has 146 valence electrons. The van der Waals surface area contributed by atoms with Gasteiger partial charge in [0.05, 0.1) is 16.7 Å². The summed E-state index contributed by atoms with van der Waals surface area (Å²) in [6.45, 7) is 5.42. The SMILES string of the molecule is Cc1ccc2nc(C)cc(NC(=O)Cn3c(C)cc(=O)c4cccc(F)c43)c2c1. The van der Waals surface area contributed by atoms with Gasteiger partial charge in [0.15, 0.2) is 5.43 Å². The van der Waals surface area contributed by atoms with Gasteiger partial charge in [-0.1, -0.05) is 17.7 Å². The number of carbonyl (C=O) groups excluding carboxylic acids is 1. The van der Waals surface area contributed by atoms with E-state index in [0.29, 0.717) is 11.4 Å². The Hall–Kier alpha value is -3.54. The molecule has 5 nitrogen and oxygen atoms in total. The van der Waals surface area contributed by atoms with Crippen molar-refractivity contribution in [3.63, 3.8) is 0 Å². The van der Waals surface area contributed by atoms with E-state index in [4.69, 9.17) is 0 Å². The topological polar surface area (TPSA) is 64.0 Å². The summed E-state index contributed by atoms with van der Waals surface area (Å²) in [5.74, 6) is -0.841. The fraction of sp³-hybridized carbons (Fsp3) is 0.174. The van der Waals surface area contributed by atoms with Gasteiger partial charge in [0.1, 0.15) is 12.4 Å². The normalized spacial score (nSPS) is 11.2. The number of nitrogens with one attached hydrogen (secondary N) is 1. The van der Waals surface area contributed by atoms with Gasteiger partial charge in [-0.05, 0) is 51.1 Å². The number of anilines is 1. The molecule has 0 bridgehead atoms. The second kappa shape index (κ2) is 7.13. The summed E-state index contributed by atoms with van der Waals surface area (Å²) >= 11 is 0. The highest BCUT2D eigenvalue weighted by Crippen LogP contribution is 2.25. The highest BCUT2D eigenvalue weighted by molar-refractivity contribution is 6.01. The monoisotopic (exact) mass is 389 g/mol. The summed E-state index contributed by atoms with van der Waals surface area (Å²) in [5, 5.41) is 4.03. The molecule has 0 unspecified atom stereocenters. The molecule has 0 saturated heterocycles. The molecule has 6 heteroatoms. The average molecular weight is 389 g/mol. The van der Waals surface area contributed by atoms with E-state index in [1.54, 1.807) is 13.0 Å². The fourth-order valence-electron chi connectivity index (χ4n) is 3.62. The Bertz CT molecular complexity index is 1340. The summed E-state index contributed by atoms with van der Waals surface area (Å²) in [4.78, 5) is 29.6. The highest BCUT2D eigenvalue weighted by Gasteiger charge is 2.15. The summed E-state index contributed by atoms with van der Waals surface area (Å²) in [5.41, 5.74) is 3.69. The number of para-hydroxylation sites is 1. The van der Waals surface area contributed by atoms with Crippen LogP contribution in [-0.2, 0) is 11.3 Å². The molecule has 29 heavy (non-hydrogen) atoms. The predicted octanol–water partition coefficient (Wildman–Crippen LogP) is 4.25. The lowest BCUT2D eigenvalue weighted by Crippen LogP contribution is -2.23. The number of fused-ring (bicyclic) bond motifs is 2. The number of pyridine rings is 2. The molecule has 4 rings (SSSR count). The second-order valence-corrected chi connectivity index (χ2v) is 7.25. The maximum absolute atomic E-state index is 14.5. The Kier molecular flexibility index (Phi) is 4.62. The van der Waals surface area contributed by atoms with E-state index in [-0.39, 0.29) is 28.8 Å². The molecule has 0 fully saturated rings. The van der Waals surface area contributed by atoms with E-state index in [1.165, 1.54) is 22.8 Å². The van der Waals surface area contributed by atoms with Crippen molar-refractivity contribution >= 4 is 33.4 Å². The minimum absolute atomic E-state index is 0.113. The zero-order chi connectivity index (χ0) is 20.7. The highest BCUT2D eigenvalue weighted by atomic mass is 19.1. The van der Waals surface area contributed by atoms with Crippen LogP contribution in [0.4, 0.5) is 10.1 Å². The third kappa shape index (κ3) is 3.49. The van der Waals surface area contributed by atoms with E-state index in [1.807, 2.05) is 38.1 Å². The number of nitrogens with zero attached hydrogens (tertiary/aromatic N) is 2. The number of halogens is 1. The molecule has 2 heterocycles. The van der Waals surface area contributed by atoms with Crippen molar-refractivity contribution in [2.24, 2.45) is 0 Å². The van der Waals surface area contributed by atoms with Crippen molar-refractivity contribution in [2.75, 3.05) is 5.32 Å². The van der Waals surface area contributed by atoms with Crippen LogP contribution < -0.4 is 10.7 Å². The van der Waals surface area contributed by atoms with Crippen LogP contribution in [-0.4, -0.2) is 15.5 Å². The molecule has 0 aliphatic heterocycles. The summed E-state index contributed by atoms with van der Waals surface area (Å²) in [6.07, 6.45) is 0. The number of carbonyl (C=O) groups is 1. The van der Waals surface area contributed by atoms with Crippen molar-refractivity contribution < 1.29 is 9.18 Å². The van der Waals surface area contributed by atoms with Crippen LogP contribution in [0.1, 0.15) is 17.0 Å². The zero-order valence-electron chi connectivity index (χ0n) is 16.4. The average Bonchev–Trinajstić information content (AvgIpc) is 2.66. The summed E-state index contributed by atoms with van der Waals surface area (Å²) in [6, 6.07) is 13.4. The molecule has 0 aliphatic rings. The van der Waals surface area contributed by atoms with Crippen LogP contribution >= 0.6 is 0 Å². The lowest BCUT2D eigenvalue weighted by Gasteiger charge is -2.16. The molecule has 0 radical (unpaired) electrons. The van der Waals surface area contributed by atoms with E-state index >= 15 is 0 Å². The Balaban J connectivity index is 1.75. The molecule has 0 atom stereocenters. The molecular weight excluding hydrogens is 369 g/mol. The van der Waals surface area contributed by atoms with Gasteiger partial charge in [-0.3, -0.25) is 14.6 Å². The van der Waals surface area contributed by atoms with Crippen LogP contribution in [0.3, 0.4) is 0 Å². The first-order chi connectivity index (χ1) is 13.8. The van der Waals surface area contributed by atoms with Gasteiger partial charge < -0.3 is 9.88 Å². The molecule has 2 aromatic carbocycles. The minimum Gasteiger partial charge on any atom is -0.333 e. The second-order valence-electron chi connectivity index (χ2n) is 7.25. The molecule has 2 aromatic heterocycles. The lowest BCUT2D eigenvalue weighted by atomic mass is 10.1. The van der Waals surface area contributed by atoms with Crippen LogP contribution in [0.15, 0.2) is 53.3 Å². The molecule has 0 spiro atoms. The van der Waals surface area contributed by atoms with E-state index < -0.39 is 5.82 Å². The van der Waals surface area contributed by atoms with Gasteiger partial charge in [-0.15, -0.1) is 0 Å². The van der Waals surface area contributed by atoms with Gasteiger partial charge >= 0.3 is 0 Å². The number of benzene rings is 2. The van der Waals surface area contributed by atoms with Crippen molar-refractivity contribution in [1.82, 2.24) is 9.55 Å². The third-order valence-electron chi connectivity index (χ3n) is 4.96. The van der Waals surface area contributed by atoms with Crippen molar-refractivity contribution in [1.29, 1.82) is 0 Å². The predicted molar refractivity (Wildman–Crippen MR) is 113 cm³/mol. The Morgan fingerprint density at radius 3 is 2.66 bits per heavy atom. The third-order valence-corrected chi connectivity index (χ3v) is 4.96. The largest absolute Gasteiger partial charge is 0.333 e. The fourth-order valence-corrected chi connectivity index (χ4v) is 3.62. The first kappa shape index (κ1) is 18.8. The zero-order valence-corrected chi connectivity index (χ0v) is 16.4. The van der Waals surface area contributed by atoms with E-state index in [0.717, 1.165) is 22.2 Å². The van der Waals surface area contributed by atoms with Crippen LogP contribution in [0, 0.1) is 26.6 Å². The van der Waals surface area contributed by atoms with Gasteiger partial charge in [-0.2, -0.15) is 0 Å². The standard InChI is InChI=1S/C23H20FN3O2/c1-13-7-8-19-17(9-13)20(10-14(2)25-19)26-22(29)12-27-15(3)11-21(28)16-5-4-6-18(24)23(16)27/h4-11H,12H2,1-3H3,(H,25,26,29). The Labute approximate surface area is 166 Å². The van der Waals surface area contributed by atoms with Crippen molar-refractivity contribution in [2.45, 2.75) is 27.3 Å². The first-order valence-corrected chi connectivity index (χ1v) is 9.30. The molecule has 0 aliphatic carbocycles. The van der Waals surface area contributed by atoms with Gasteiger partial charge in [0, 0.05) is 28.2 Å². The Morgan fingerprint density at radius 2 is 1.86 bits per heavy atom. The summed E-state index contributed by atoms with van der Waals surface area (Å²) < 4.78 is 16.0. The quantitative estimate of drug-likeness (QED) is 0.570. The first-order valence-electron chi connectivity index (χ1n) is 9.30. The maximum atomic E-state index is 14.5. The minimum atomic E-state index is -0.531. The number of hydrogen-bond donors (Lipinski definition) is 1. The molecule has 4 aromatic rings. The number of aromatic nitrogens is 2. The molecule has 1 amide bonds. The smallest absolute Gasteiger partial charge is 0.244 e. The van der Waals surface area contributed by atoms with Crippen LogP contribution in [0.25, 0.3) is 21.8 Å². The van der Waals surface area contributed by atoms with Gasteiger partial charge in [-0.25, -0.2) is 4.39 Å². The van der Waals surface area contributed by atoms with Crippen LogP contribution in [0.5, 0.6) is 0 Å². The molecular formula is C23H20FN3O2. The number of rotatable bonds is 3. The van der Waals surface area contributed by atoms with E-state index in [9.17, 15) is 14.0 Å². The molecule has 1 N–H and O–H groups in total. The molecule has 0 saturated carbocycles. The number of hydrogen-bond acceptors (Lipinski definition) is 3. The Morgan fingerprint density at radius 1 is 1.07 bits per heavy atom. The number of amides is 1. The van der Waals surface area contributed by atoms with Gasteiger partial charge in [0.25, 0.3) is 0 Å². The number of aryl methyl sites for hydroxylation is 3. The summed E-state index contributed by atoms with van der Waals surface area (Å²) in [7, 11) is 0.